The van der Waals surface area contributed by atoms with E-state index in [0.29, 0.717) is 12.3 Å². The van der Waals surface area contributed by atoms with Gasteiger partial charge in [-0.2, -0.15) is 0 Å². The molecule has 0 aliphatic heterocycles. The number of aromatic nitrogens is 4. The Hall–Kier alpha value is -2.87. The fourth-order valence-electron chi connectivity index (χ4n) is 2.90. The molecule has 0 aliphatic carbocycles. The van der Waals surface area contributed by atoms with Gasteiger partial charge in [0.05, 0.1) is 12.9 Å². The highest BCUT2D eigenvalue weighted by molar-refractivity contribution is 7.99. The average Bonchev–Trinajstić information content (AvgIpc) is 3.15. The number of thioether (sulfide) groups is 1. The first-order chi connectivity index (χ1) is 14.1. The summed E-state index contributed by atoms with van der Waals surface area (Å²) in [4.78, 5) is 18.4. The zero-order valence-electron chi connectivity index (χ0n) is 16.9. The topological polar surface area (TPSA) is 73.1 Å². The van der Waals surface area contributed by atoms with Crippen molar-refractivity contribution in [1.82, 2.24) is 24.6 Å². The number of benzene rings is 1. The van der Waals surface area contributed by atoms with E-state index in [1.807, 2.05) is 43.4 Å². The van der Waals surface area contributed by atoms with Crippen LogP contribution < -0.4 is 4.74 Å². The van der Waals surface area contributed by atoms with E-state index in [1.165, 1.54) is 11.8 Å². The molecule has 0 N–H and O–H groups in total. The first-order valence-electron chi connectivity index (χ1n) is 9.45. The lowest BCUT2D eigenvalue weighted by molar-refractivity contribution is -0.127. The molecule has 7 nitrogen and oxygen atoms in total. The third-order valence-electron chi connectivity index (χ3n) is 4.41. The number of carbonyl (C=O) groups excluding carboxylic acids is 1. The molecule has 2 heterocycles. The summed E-state index contributed by atoms with van der Waals surface area (Å²) >= 11 is 1.41. The van der Waals surface area contributed by atoms with E-state index >= 15 is 0 Å². The second kappa shape index (κ2) is 10.1. The average molecular weight is 412 g/mol. The molecule has 1 amide bonds. The van der Waals surface area contributed by atoms with Gasteiger partial charge in [0.15, 0.2) is 11.0 Å². The molecule has 2 aromatic heterocycles. The molecule has 0 unspecified atom stereocenters. The number of rotatable bonds is 9. The van der Waals surface area contributed by atoms with Crippen molar-refractivity contribution < 1.29 is 9.53 Å². The van der Waals surface area contributed by atoms with E-state index in [1.54, 1.807) is 24.4 Å². The van der Waals surface area contributed by atoms with Crippen molar-refractivity contribution in [2.75, 3.05) is 19.9 Å². The molecule has 0 saturated heterocycles. The maximum Gasteiger partial charge on any atom is 0.233 e. The number of nitrogens with zero attached hydrogens (tertiary/aromatic N) is 5. The van der Waals surface area contributed by atoms with Gasteiger partial charge in [0.1, 0.15) is 5.75 Å². The maximum atomic E-state index is 12.6. The second-order valence-corrected chi connectivity index (χ2v) is 7.53. The van der Waals surface area contributed by atoms with Crippen LogP contribution >= 0.6 is 11.8 Å². The molecule has 0 aliphatic rings. The van der Waals surface area contributed by atoms with Gasteiger partial charge in [-0.15, -0.1) is 10.2 Å². The summed E-state index contributed by atoms with van der Waals surface area (Å²) in [6, 6.07) is 11.6. The molecular weight excluding hydrogens is 386 g/mol. The van der Waals surface area contributed by atoms with Crippen LogP contribution in [0.3, 0.4) is 0 Å². The molecule has 3 rings (SSSR count). The number of pyridine rings is 1. The monoisotopic (exact) mass is 411 g/mol. The van der Waals surface area contributed by atoms with Crippen LogP contribution in [0, 0.1) is 0 Å². The molecule has 0 atom stereocenters. The van der Waals surface area contributed by atoms with E-state index in [0.717, 1.165) is 40.8 Å². The Balaban J connectivity index is 1.65. The smallest absolute Gasteiger partial charge is 0.233 e. The molecule has 0 bridgehead atoms. The van der Waals surface area contributed by atoms with Crippen molar-refractivity contribution in [2.24, 2.45) is 0 Å². The van der Waals surface area contributed by atoms with Crippen LogP contribution in [0.25, 0.3) is 11.4 Å². The van der Waals surface area contributed by atoms with Gasteiger partial charge in [-0.1, -0.05) is 30.8 Å². The van der Waals surface area contributed by atoms with Crippen LogP contribution in [0.4, 0.5) is 0 Å². The number of hydrogen-bond acceptors (Lipinski definition) is 6. The minimum atomic E-state index is 0.0364. The first-order valence-corrected chi connectivity index (χ1v) is 10.4. The largest absolute Gasteiger partial charge is 0.497 e. The Labute approximate surface area is 175 Å². The summed E-state index contributed by atoms with van der Waals surface area (Å²) in [5, 5.41) is 9.41. The number of hydrogen-bond donors (Lipinski definition) is 0. The van der Waals surface area contributed by atoms with Crippen LogP contribution in [0.5, 0.6) is 5.75 Å². The van der Waals surface area contributed by atoms with Gasteiger partial charge in [0.25, 0.3) is 0 Å². The van der Waals surface area contributed by atoms with Gasteiger partial charge >= 0.3 is 0 Å². The third kappa shape index (κ3) is 5.35. The van der Waals surface area contributed by atoms with Crippen molar-refractivity contribution in [3.05, 3.63) is 54.4 Å². The molecule has 152 valence electrons. The summed E-state index contributed by atoms with van der Waals surface area (Å²) in [5.41, 5.74) is 1.99. The van der Waals surface area contributed by atoms with Gasteiger partial charge < -0.3 is 14.2 Å². The molecule has 1 aromatic carbocycles. The van der Waals surface area contributed by atoms with Gasteiger partial charge in [-0.25, -0.2) is 0 Å². The van der Waals surface area contributed by atoms with Gasteiger partial charge in [0.2, 0.25) is 5.91 Å². The molecule has 0 saturated carbocycles. The summed E-state index contributed by atoms with van der Waals surface area (Å²) in [6.45, 7) is 3.43. The van der Waals surface area contributed by atoms with E-state index in [2.05, 4.69) is 26.7 Å². The maximum absolute atomic E-state index is 12.6. The summed E-state index contributed by atoms with van der Waals surface area (Å²) < 4.78 is 7.31. The van der Waals surface area contributed by atoms with Crippen LogP contribution in [-0.2, 0) is 17.9 Å². The number of methoxy groups -OCH3 is 1. The molecule has 29 heavy (non-hydrogen) atoms. The highest BCUT2D eigenvalue weighted by Crippen LogP contribution is 2.24. The van der Waals surface area contributed by atoms with Crippen molar-refractivity contribution in [3.63, 3.8) is 0 Å². The fourth-order valence-corrected chi connectivity index (χ4v) is 3.81. The standard InChI is InChI=1S/C21H25N5O2S/c1-4-12-26-20(17-8-10-22-11-9-17)23-24-21(26)29-15-19(27)25(2)14-16-6-5-7-18(13-16)28-3/h5-11,13H,4,12,14-15H2,1-3H3. The Kier molecular flexibility index (Phi) is 7.24. The zero-order valence-corrected chi connectivity index (χ0v) is 17.7. The SMILES string of the molecule is CCCn1c(SCC(=O)N(C)Cc2cccc(OC)c2)nnc1-c1ccncc1. The molecule has 8 heteroatoms. The number of carbonyl (C=O) groups is 1. The summed E-state index contributed by atoms with van der Waals surface area (Å²) in [7, 11) is 3.44. The summed E-state index contributed by atoms with van der Waals surface area (Å²) in [6.07, 6.45) is 4.43. The quantitative estimate of drug-likeness (QED) is 0.502. The van der Waals surface area contributed by atoms with E-state index < -0.39 is 0 Å². The lowest BCUT2D eigenvalue weighted by Crippen LogP contribution is -2.27. The van der Waals surface area contributed by atoms with E-state index in [-0.39, 0.29) is 5.91 Å². The predicted molar refractivity (Wildman–Crippen MR) is 114 cm³/mol. The molecular formula is C21H25N5O2S. The zero-order chi connectivity index (χ0) is 20.6. The Morgan fingerprint density at radius 2 is 2.00 bits per heavy atom. The van der Waals surface area contributed by atoms with E-state index in [9.17, 15) is 4.79 Å². The van der Waals surface area contributed by atoms with Crippen molar-refractivity contribution in [2.45, 2.75) is 31.6 Å². The van der Waals surface area contributed by atoms with Gasteiger partial charge in [0, 0.05) is 38.1 Å². The summed E-state index contributed by atoms with van der Waals surface area (Å²) in [5.74, 6) is 1.93. The second-order valence-electron chi connectivity index (χ2n) is 6.58. The van der Waals surface area contributed by atoms with Crippen LogP contribution in [-0.4, -0.2) is 50.5 Å². The molecule has 3 aromatic rings. The van der Waals surface area contributed by atoms with Crippen LogP contribution in [0.2, 0.25) is 0 Å². The molecule has 0 radical (unpaired) electrons. The van der Waals surface area contributed by atoms with Gasteiger partial charge in [-0.05, 0) is 36.2 Å². The minimum absolute atomic E-state index is 0.0364. The Bertz CT molecular complexity index is 945. The highest BCUT2D eigenvalue weighted by atomic mass is 32.2. The van der Waals surface area contributed by atoms with Crippen molar-refractivity contribution >= 4 is 17.7 Å². The predicted octanol–water partition coefficient (Wildman–Crippen LogP) is 3.51. The fraction of sp³-hybridized carbons (Fsp3) is 0.333. The number of ether oxygens (including phenoxy) is 1. The van der Waals surface area contributed by atoms with Crippen molar-refractivity contribution in [3.8, 4) is 17.1 Å². The van der Waals surface area contributed by atoms with E-state index in [4.69, 9.17) is 4.74 Å². The third-order valence-corrected chi connectivity index (χ3v) is 5.36. The Morgan fingerprint density at radius 3 is 2.72 bits per heavy atom. The number of amides is 1. The van der Waals surface area contributed by atoms with Crippen LogP contribution in [0.15, 0.2) is 53.9 Å². The lowest BCUT2D eigenvalue weighted by atomic mass is 10.2. The molecule has 0 fully saturated rings. The van der Waals surface area contributed by atoms with Crippen LogP contribution in [0.1, 0.15) is 18.9 Å². The normalized spacial score (nSPS) is 10.7. The lowest BCUT2D eigenvalue weighted by Gasteiger charge is -2.17. The first kappa shape index (κ1) is 20.9. The highest BCUT2D eigenvalue weighted by Gasteiger charge is 2.17. The van der Waals surface area contributed by atoms with Gasteiger partial charge in [-0.3, -0.25) is 9.78 Å². The Morgan fingerprint density at radius 1 is 1.21 bits per heavy atom. The minimum Gasteiger partial charge on any atom is -0.497 e. The molecule has 0 spiro atoms. The van der Waals surface area contributed by atoms with Crippen molar-refractivity contribution in [1.29, 1.82) is 0 Å².